The molecule has 0 radical (unpaired) electrons. The average molecular weight is 388 g/mol. The van der Waals surface area contributed by atoms with Gasteiger partial charge in [0.05, 0.1) is 19.3 Å². The van der Waals surface area contributed by atoms with Crippen molar-refractivity contribution in [2.75, 3.05) is 39.5 Å². The van der Waals surface area contributed by atoms with E-state index in [9.17, 15) is 5.11 Å². The van der Waals surface area contributed by atoms with Crippen molar-refractivity contribution in [2.24, 2.45) is 17.3 Å². The molecule has 2 bridgehead atoms. The number of aliphatic hydroxyl groups is 1. The minimum atomic E-state index is -0.480. The van der Waals surface area contributed by atoms with Gasteiger partial charge < -0.3 is 24.6 Å². The first kappa shape index (κ1) is 19.7. The van der Waals surface area contributed by atoms with Crippen molar-refractivity contribution >= 4 is 0 Å². The number of rotatable bonds is 9. The second-order valence-electron chi connectivity index (χ2n) is 8.92. The largest absolute Gasteiger partial charge is 0.486 e. The summed E-state index contributed by atoms with van der Waals surface area (Å²) in [7, 11) is 0. The van der Waals surface area contributed by atoms with E-state index in [0.29, 0.717) is 44.3 Å². The molecular weight excluding hydrogens is 354 g/mol. The summed E-state index contributed by atoms with van der Waals surface area (Å²) in [4.78, 5) is 0. The van der Waals surface area contributed by atoms with E-state index in [4.69, 9.17) is 14.2 Å². The van der Waals surface area contributed by atoms with Crippen LogP contribution in [-0.4, -0.2) is 50.7 Å². The van der Waals surface area contributed by atoms with Crippen molar-refractivity contribution in [3.8, 4) is 11.5 Å². The highest BCUT2D eigenvalue weighted by Crippen LogP contribution is 2.59. The molecule has 1 aromatic rings. The molecule has 5 heteroatoms. The zero-order valence-electron chi connectivity index (χ0n) is 17.1. The van der Waals surface area contributed by atoms with E-state index in [1.165, 1.54) is 24.0 Å². The predicted octanol–water partition coefficient (Wildman–Crippen LogP) is 2.96. The van der Waals surface area contributed by atoms with Crippen LogP contribution in [0.1, 0.15) is 32.3 Å². The van der Waals surface area contributed by atoms with Crippen LogP contribution in [0.15, 0.2) is 29.8 Å². The highest BCUT2D eigenvalue weighted by atomic mass is 16.6. The average Bonchev–Trinajstić information content (AvgIpc) is 2.71. The molecule has 5 rings (SSSR count). The standard InChI is InChI=1S/C23H33NO4/c1-23(2)18-5-4-17(20(23)12-18)14-26-15-19(25)13-24-8-7-16-3-6-21-22(11-16)28-10-9-27-21/h3-4,6,11,18-20,24-25H,5,7-10,12-15H2,1-2H3. The van der Waals surface area contributed by atoms with Crippen LogP contribution in [0.2, 0.25) is 0 Å². The van der Waals surface area contributed by atoms with Crippen molar-refractivity contribution < 1.29 is 19.3 Å². The van der Waals surface area contributed by atoms with Gasteiger partial charge in [0.1, 0.15) is 13.2 Å². The molecule has 1 aliphatic heterocycles. The van der Waals surface area contributed by atoms with Crippen molar-refractivity contribution in [1.29, 1.82) is 0 Å². The van der Waals surface area contributed by atoms with Crippen LogP contribution in [0.5, 0.6) is 11.5 Å². The minimum absolute atomic E-state index is 0.380. The zero-order chi connectivity index (χ0) is 19.6. The molecule has 0 aromatic heterocycles. The Morgan fingerprint density at radius 3 is 2.86 bits per heavy atom. The number of benzene rings is 1. The van der Waals surface area contributed by atoms with Crippen molar-refractivity contribution in [3.05, 3.63) is 35.4 Å². The zero-order valence-corrected chi connectivity index (χ0v) is 17.1. The Hall–Kier alpha value is -1.56. The molecule has 2 N–H and O–H groups in total. The van der Waals surface area contributed by atoms with E-state index in [1.807, 2.05) is 12.1 Å². The van der Waals surface area contributed by atoms with Crippen molar-refractivity contribution in [2.45, 2.75) is 39.2 Å². The van der Waals surface area contributed by atoms with E-state index in [1.54, 1.807) is 0 Å². The highest BCUT2D eigenvalue weighted by molar-refractivity contribution is 5.43. The lowest BCUT2D eigenvalue weighted by Gasteiger charge is -2.56. The topological polar surface area (TPSA) is 60.0 Å². The monoisotopic (exact) mass is 387 g/mol. The van der Waals surface area contributed by atoms with Crippen LogP contribution in [0.3, 0.4) is 0 Å². The fraction of sp³-hybridized carbons (Fsp3) is 0.652. The molecule has 0 spiro atoms. The first-order valence-corrected chi connectivity index (χ1v) is 10.6. The van der Waals surface area contributed by atoms with Crippen LogP contribution in [-0.2, 0) is 11.2 Å². The molecule has 4 aliphatic rings. The number of nitrogens with one attached hydrogen (secondary N) is 1. The number of fused-ring (bicyclic) bond motifs is 2. The lowest BCUT2D eigenvalue weighted by Crippen LogP contribution is -2.48. The third kappa shape index (κ3) is 4.22. The van der Waals surface area contributed by atoms with E-state index < -0.39 is 6.10 Å². The molecule has 1 aromatic carbocycles. The summed E-state index contributed by atoms with van der Waals surface area (Å²) in [5, 5.41) is 13.5. The molecule has 1 fully saturated rings. The number of aliphatic hydroxyl groups excluding tert-OH is 1. The minimum Gasteiger partial charge on any atom is -0.486 e. The lowest BCUT2D eigenvalue weighted by atomic mass is 9.49. The quantitative estimate of drug-likeness (QED) is 0.504. The fourth-order valence-electron chi connectivity index (χ4n) is 4.76. The molecule has 3 aliphatic carbocycles. The molecule has 3 atom stereocenters. The van der Waals surface area contributed by atoms with Crippen molar-refractivity contribution in [1.82, 2.24) is 5.32 Å². The van der Waals surface area contributed by atoms with Gasteiger partial charge in [-0.05, 0) is 66.3 Å². The number of hydrogen-bond donors (Lipinski definition) is 2. The molecule has 154 valence electrons. The predicted molar refractivity (Wildman–Crippen MR) is 109 cm³/mol. The molecule has 3 unspecified atom stereocenters. The number of ether oxygens (including phenoxy) is 3. The Morgan fingerprint density at radius 1 is 1.25 bits per heavy atom. The summed E-state index contributed by atoms with van der Waals surface area (Å²) < 4.78 is 17.0. The van der Waals surface area contributed by atoms with Gasteiger partial charge in [-0.15, -0.1) is 0 Å². The Balaban J connectivity index is 1.11. The van der Waals surface area contributed by atoms with Gasteiger partial charge in [0, 0.05) is 6.54 Å². The second-order valence-corrected chi connectivity index (χ2v) is 8.92. The maximum atomic E-state index is 10.2. The first-order valence-electron chi connectivity index (χ1n) is 10.6. The van der Waals surface area contributed by atoms with E-state index in [0.717, 1.165) is 30.4 Å². The van der Waals surface area contributed by atoms with E-state index in [2.05, 4.69) is 31.3 Å². The molecule has 0 saturated heterocycles. The summed E-state index contributed by atoms with van der Waals surface area (Å²) in [6, 6.07) is 6.08. The molecule has 1 heterocycles. The van der Waals surface area contributed by atoms with Gasteiger partial charge in [-0.3, -0.25) is 0 Å². The van der Waals surface area contributed by atoms with Gasteiger partial charge in [0.25, 0.3) is 0 Å². The molecular formula is C23H33NO4. The van der Waals surface area contributed by atoms with Gasteiger partial charge in [0.15, 0.2) is 11.5 Å². The van der Waals surface area contributed by atoms with Crippen LogP contribution in [0.4, 0.5) is 0 Å². The van der Waals surface area contributed by atoms with Crippen LogP contribution >= 0.6 is 0 Å². The summed E-state index contributed by atoms with van der Waals surface area (Å²) in [6.07, 6.45) is 5.27. The molecule has 5 nitrogen and oxygen atoms in total. The molecule has 28 heavy (non-hydrogen) atoms. The normalized spacial score (nSPS) is 25.6. The van der Waals surface area contributed by atoms with Crippen molar-refractivity contribution in [3.63, 3.8) is 0 Å². The number of hydrogen-bond acceptors (Lipinski definition) is 5. The third-order valence-electron chi connectivity index (χ3n) is 6.74. The van der Waals surface area contributed by atoms with Crippen LogP contribution < -0.4 is 14.8 Å². The Kier molecular flexibility index (Phi) is 5.95. The van der Waals surface area contributed by atoms with Gasteiger partial charge >= 0.3 is 0 Å². The lowest BCUT2D eigenvalue weighted by molar-refractivity contribution is -0.0235. The van der Waals surface area contributed by atoms with Gasteiger partial charge in [-0.1, -0.05) is 26.0 Å². The van der Waals surface area contributed by atoms with E-state index in [-0.39, 0.29) is 0 Å². The van der Waals surface area contributed by atoms with E-state index >= 15 is 0 Å². The number of allylic oxidation sites excluding steroid dienone is 1. The van der Waals surface area contributed by atoms with Gasteiger partial charge in [0.2, 0.25) is 0 Å². The van der Waals surface area contributed by atoms with Crippen LogP contribution in [0.25, 0.3) is 0 Å². The maximum Gasteiger partial charge on any atom is 0.161 e. The Labute approximate surface area is 168 Å². The van der Waals surface area contributed by atoms with Gasteiger partial charge in [-0.25, -0.2) is 0 Å². The molecule has 1 saturated carbocycles. The maximum absolute atomic E-state index is 10.2. The highest BCUT2D eigenvalue weighted by Gasteiger charge is 2.50. The Morgan fingerprint density at radius 2 is 2.07 bits per heavy atom. The van der Waals surface area contributed by atoms with Crippen LogP contribution in [0, 0.1) is 17.3 Å². The smallest absolute Gasteiger partial charge is 0.161 e. The Bertz CT molecular complexity index is 715. The third-order valence-corrected chi connectivity index (χ3v) is 6.74. The van der Waals surface area contributed by atoms with Gasteiger partial charge in [-0.2, -0.15) is 0 Å². The molecule has 0 amide bonds. The first-order chi connectivity index (χ1) is 13.5. The fourth-order valence-corrected chi connectivity index (χ4v) is 4.76. The summed E-state index contributed by atoms with van der Waals surface area (Å²) in [5.74, 6) is 3.18. The SMILES string of the molecule is CC1(C)C2CC=C(COCC(O)CNCCc3ccc4c(c3)OCCO4)C1C2. The summed E-state index contributed by atoms with van der Waals surface area (Å²) in [6.45, 7) is 8.36. The second kappa shape index (κ2) is 8.44. The summed E-state index contributed by atoms with van der Waals surface area (Å²) in [5.41, 5.74) is 3.07. The summed E-state index contributed by atoms with van der Waals surface area (Å²) >= 11 is 0.